The molecule has 0 unspecified atom stereocenters. The van der Waals surface area contributed by atoms with Gasteiger partial charge in [0.1, 0.15) is 0 Å². The van der Waals surface area contributed by atoms with Crippen molar-refractivity contribution < 1.29 is 184 Å². The van der Waals surface area contributed by atoms with E-state index in [1.165, 1.54) is 97.1 Å². The molecule has 0 heterocycles. The van der Waals surface area contributed by atoms with Crippen LogP contribution in [0.3, 0.4) is 0 Å². The molecular weight excluding hydrogens is 1150 g/mol. The van der Waals surface area contributed by atoms with Crippen LogP contribution in [0.4, 0.5) is 0 Å². The van der Waals surface area contributed by atoms with Crippen molar-refractivity contribution in [2.24, 2.45) is 0 Å². The Balaban J connectivity index is 0.000000356. The molecule has 0 radical (unpaired) electrons. The molecule has 0 aromatic heterocycles. The topological polar surface area (TPSA) is 448 Å². The fourth-order valence-electron chi connectivity index (χ4n) is 7.17. The van der Waals surface area contributed by atoms with Gasteiger partial charge >= 0.3 is 71.6 Å². The summed E-state index contributed by atoms with van der Waals surface area (Å²) in [5.41, 5.74) is -1.82. The van der Waals surface area contributed by atoms with Crippen molar-refractivity contribution in [2.75, 3.05) is 0 Å². The Labute approximate surface area is 483 Å². The van der Waals surface area contributed by atoms with Gasteiger partial charge < -0.3 is 61.3 Å². The van der Waals surface area contributed by atoms with Gasteiger partial charge in [-0.2, -0.15) is 0 Å². The van der Waals surface area contributed by atoms with Crippen molar-refractivity contribution >= 4 is 115 Å². The van der Waals surface area contributed by atoms with Gasteiger partial charge in [0.15, 0.2) is 0 Å². The third-order valence-corrected chi connectivity index (χ3v) is 10.7. The van der Waals surface area contributed by atoms with Gasteiger partial charge in [0.25, 0.3) is 0 Å². The molecule has 0 spiro atoms. The molecule has 0 amide bonds. The van der Waals surface area contributed by atoms with Crippen LogP contribution in [0.2, 0.25) is 0 Å². The van der Waals surface area contributed by atoms with E-state index in [4.69, 9.17) is 61.3 Å². The first-order valence-corrected chi connectivity index (χ1v) is 20.7. The standard InChI is InChI=1S/4C13H8O6.3Ti/c4*14-11(15)7-2-1-6-3-8(12(16)17)5-10(13(18)19)9(6)4-7;;;/h4*1-5H,(H,14,15)(H,16,17)(H,18,19);;;. The third-order valence-electron chi connectivity index (χ3n) is 10.7. The Bertz CT molecular complexity index is 3380. The Morgan fingerprint density at radius 3 is 0.468 bits per heavy atom. The van der Waals surface area contributed by atoms with Crippen LogP contribution in [-0.4, -0.2) is 133 Å². The number of hydrogen-bond donors (Lipinski definition) is 12. The van der Waals surface area contributed by atoms with Crippen LogP contribution < -0.4 is 0 Å². The Morgan fingerprint density at radius 2 is 0.342 bits per heavy atom. The molecule has 79 heavy (non-hydrogen) atoms. The molecule has 12 N–H and O–H groups in total. The predicted molar refractivity (Wildman–Crippen MR) is 259 cm³/mol. The van der Waals surface area contributed by atoms with Gasteiger partial charge in [0, 0.05) is 65.2 Å². The van der Waals surface area contributed by atoms with Gasteiger partial charge in [-0.3, -0.25) is 0 Å². The second kappa shape index (κ2) is 27.6. The van der Waals surface area contributed by atoms with E-state index in [1.807, 2.05) is 0 Å². The minimum atomic E-state index is -1.31. The molecule has 8 aromatic carbocycles. The molecule has 0 aliphatic carbocycles. The molecular formula is C52H32O24Ti3. The minimum absolute atomic E-state index is 0. The summed E-state index contributed by atoms with van der Waals surface area (Å²) in [7, 11) is 0. The molecule has 0 fully saturated rings. The first-order chi connectivity index (χ1) is 35.6. The van der Waals surface area contributed by atoms with E-state index in [9.17, 15) is 57.5 Å². The van der Waals surface area contributed by atoms with Crippen molar-refractivity contribution in [3.63, 3.8) is 0 Å². The van der Waals surface area contributed by atoms with Gasteiger partial charge in [-0.1, -0.05) is 24.3 Å². The van der Waals surface area contributed by atoms with Crippen LogP contribution in [0.15, 0.2) is 121 Å². The quantitative estimate of drug-likeness (QED) is 0.0520. The van der Waals surface area contributed by atoms with Crippen LogP contribution in [-0.2, 0) is 65.2 Å². The van der Waals surface area contributed by atoms with E-state index in [-0.39, 0.29) is 153 Å². The van der Waals surface area contributed by atoms with Crippen molar-refractivity contribution in [1.82, 2.24) is 0 Å². The van der Waals surface area contributed by atoms with Gasteiger partial charge in [-0.25, -0.2) is 57.5 Å². The van der Waals surface area contributed by atoms with E-state index >= 15 is 0 Å². The molecule has 0 bridgehead atoms. The van der Waals surface area contributed by atoms with E-state index < -0.39 is 71.6 Å². The van der Waals surface area contributed by atoms with E-state index in [2.05, 4.69) is 0 Å². The smallest absolute Gasteiger partial charge is 0.336 e. The molecule has 0 aliphatic rings. The molecule has 0 aliphatic heterocycles. The summed E-state index contributed by atoms with van der Waals surface area (Å²) in [5.74, 6) is -14.9. The van der Waals surface area contributed by atoms with Crippen molar-refractivity contribution in [3.8, 4) is 0 Å². The molecule has 8 aromatic rings. The number of fused-ring (bicyclic) bond motifs is 4. The van der Waals surface area contributed by atoms with Gasteiger partial charge in [0.05, 0.1) is 66.8 Å². The fourth-order valence-corrected chi connectivity index (χ4v) is 7.17. The molecule has 396 valence electrons. The maximum Gasteiger partial charge on any atom is 0.336 e. The van der Waals surface area contributed by atoms with E-state index in [0.717, 1.165) is 24.3 Å². The first kappa shape index (κ1) is 65.7. The second-order valence-electron chi connectivity index (χ2n) is 15.5. The number of carboxylic acid groups (broad SMARTS) is 12. The molecule has 8 rings (SSSR count). The molecule has 0 saturated heterocycles. The van der Waals surface area contributed by atoms with E-state index in [1.54, 1.807) is 0 Å². The number of carbonyl (C=O) groups is 12. The molecule has 27 heteroatoms. The van der Waals surface area contributed by atoms with Crippen molar-refractivity contribution in [2.45, 2.75) is 0 Å². The van der Waals surface area contributed by atoms with Crippen molar-refractivity contribution in [3.05, 3.63) is 188 Å². The van der Waals surface area contributed by atoms with E-state index in [0.29, 0.717) is 21.5 Å². The Morgan fingerprint density at radius 1 is 0.190 bits per heavy atom. The summed E-state index contributed by atoms with van der Waals surface area (Å²) < 4.78 is 0. The molecule has 24 nitrogen and oxygen atoms in total. The average Bonchev–Trinajstić information content (AvgIpc) is 3.36. The summed E-state index contributed by atoms with van der Waals surface area (Å²) in [6, 6.07) is 24.8. The number of aromatic carboxylic acids is 12. The summed E-state index contributed by atoms with van der Waals surface area (Å²) in [6.07, 6.45) is 0. The largest absolute Gasteiger partial charge is 0.478 e. The number of carboxylic acids is 12. The molecule has 0 saturated carbocycles. The number of rotatable bonds is 12. The zero-order valence-corrected chi connectivity index (χ0v) is 44.0. The predicted octanol–water partition coefficient (Wildman–Crippen LogP) is 7.73. The van der Waals surface area contributed by atoms with Crippen LogP contribution >= 0.6 is 0 Å². The maximum absolute atomic E-state index is 11.1. The Hall–Kier alpha value is -9.42. The average molecular weight is 1180 g/mol. The SMILES string of the molecule is O=C(O)c1cc(C(=O)O)c2cc(C(=O)O)ccc2c1.O=C(O)c1cc(C(=O)O)c2cc(C(=O)O)ccc2c1.O=C(O)c1cc(C(=O)O)c2cc(C(=O)O)ccc2c1.O=C(O)c1cc(C(=O)O)c2cc(C(=O)O)ccc2c1.[Ti].[Ti].[Ti]. The summed E-state index contributed by atoms with van der Waals surface area (Å²) in [4.78, 5) is 132. The van der Waals surface area contributed by atoms with Gasteiger partial charge in [0.2, 0.25) is 0 Å². The Kier molecular flexibility index (Phi) is 22.9. The number of benzene rings is 8. The van der Waals surface area contributed by atoms with Crippen molar-refractivity contribution in [1.29, 1.82) is 0 Å². The normalized spacial score (nSPS) is 9.92. The fraction of sp³-hybridized carbons (Fsp3) is 0. The second-order valence-corrected chi connectivity index (χ2v) is 15.5. The maximum atomic E-state index is 11.1. The van der Waals surface area contributed by atoms with Crippen LogP contribution in [0.25, 0.3) is 43.1 Å². The minimum Gasteiger partial charge on any atom is -0.478 e. The van der Waals surface area contributed by atoms with Crippen LogP contribution in [0, 0.1) is 0 Å². The number of hydrogen-bond acceptors (Lipinski definition) is 12. The summed E-state index contributed by atoms with van der Waals surface area (Å²) >= 11 is 0. The molecule has 0 atom stereocenters. The summed E-state index contributed by atoms with van der Waals surface area (Å²) in [6.45, 7) is 0. The van der Waals surface area contributed by atoms with Gasteiger partial charge in [-0.15, -0.1) is 0 Å². The first-order valence-electron chi connectivity index (χ1n) is 20.7. The third kappa shape index (κ3) is 15.8. The van der Waals surface area contributed by atoms with Crippen LogP contribution in [0.5, 0.6) is 0 Å². The zero-order chi connectivity index (χ0) is 56.6. The monoisotopic (exact) mass is 1180 g/mol. The summed E-state index contributed by atoms with van der Waals surface area (Å²) in [5, 5.41) is 110. The van der Waals surface area contributed by atoms with Gasteiger partial charge in [-0.05, 0) is 140 Å². The zero-order valence-electron chi connectivity index (χ0n) is 39.3. The van der Waals surface area contributed by atoms with Crippen LogP contribution in [0.1, 0.15) is 124 Å².